The second-order valence-electron chi connectivity index (χ2n) is 16.5. The van der Waals surface area contributed by atoms with Crippen molar-refractivity contribution in [1.82, 2.24) is 0 Å². The summed E-state index contributed by atoms with van der Waals surface area (Å²) in [6, 6.07) is 0. The van der Waals surface area contributed by atoms with Gasteiger partial charge in [0, 0.05) is 12.8 Å². The predicted molar refractivity (Wildman–Crippen MR) is 237 cm³/mol. The van der Waals surface area contributed by atoms with Crippen molar-refractivity contribution in [3.63, 3.8) is 0 Å². The van der Waals surface area contributed by atoms with E-state index in [-0.39, 0.29) is 26.1 Å². The minimum Gasteiger partial charge on any atom is -0.463 e. The summed E-state index contributed by atoms with van der Waals surface area (Å²) in [4.78, 5) is 52.9. The zero-order chi connectivity index (χ0) is 42.6. The molecule has 10 heteroatoms. The van der Waals surface area contributed by atoms with Gasteiger partial charge in [-0.1, -0.05) is 194 Å². The molecule has 0 aromatic rings. The molecule has 0 aliphatic rings. The van der Waals surface area contributed by atoms with E-state index in [4.69, 9.17) is 30.4 Å². The van der Waals surface area contributed by atoms with E-state index >= 15 is 0 Å². The van der Waals surface area contributed by atoms with Crippen LogP contribution in [0, 0.1) is 0 Å². The molecular weight excluding hydrogens is 733 g/mol. The Morgan fingerprint density at radius 2 is 0.586 bits per heavy atom. The lowest BCUT2D eigenvalue weighted by molar-refractivity contribution is -0.192. The summed E-state index contributed by atoms with van der Waals surface area (Å²) in [5.74, 6) is -3.14. The number of ether oxygens (including phenoxy) is 4. The van der Waals surface area contributed by atoms with Gasteiger partial charge in [0.1, 0.15) is 0 Å². The largest absolute Gasteiger partial charge is 0.463 e. The molecule has 0 aromatic heterocycles. The van der Waals surface area contributed by atoms with Crippen LogP contribution in [0.1, 0.15) is 245 Å². The highest BCUT2D eigenvalue weighted by Gasteiger charge is 2.42. The zero-order valence-electron chi connectivity index (χ0n) is 37.9. The summed E-state index contributed by atoms with van der Waals surface area (Å²) in [6.45, 7) is 5.77. The van der Waals surface area contributed by atoms with E-state index in [0.717, 1.165) is 64.2 Å². The SMILES string of the molecule is CCCCCCCCCCCCCCCCOC(=O)[C@H](OC(=O)CCCCCN)[C@@H](OC(=O)CCCCCN)C(=O)OCCCCCCCCCCCCCCCC. The van der Waals surface area contributed by atoms with Crippen LogP contribution in [0.3, 0.4) is 0 Å². The maximum atomic E-state index is 13.5. The molecule has 10 nitrogen and oxygen atoms in total. The Morgan fingerprint density at radius 1 is 0.345 bits per heavy atom. The molecule has 0 saturated heterocycles. The monoisotopic (exact) mass is 825 g/mol. The van der Waals surface area contributed by atoms with Crippen molar-refractivity contribution < 1.29 is 38.1 Å². The van der Waals surface area contributed by atoms with Crippen LogP contribution in [0.4, 0.5) is 0 Å². The minimum absolute atomic E-state index is 0.0383. The molecule has 0 aliphatic heterocycles. The van der Waals surface area contributed by atoms with Gasteiger partial charge in [-0.3, -0.25) is 9.59 Å². The van der Waals surface area contributed by atoms with Crippen LogP contribution >= 0.6 is 0 Å². The first-order valence-corrected chi connectivity index (χ1v) is 24.5. The van der Waals surface area contributed by atoms with E-state index in [0.29, 0.717) is 38.8 Å². The van der Waals surface area contributed by atoms with E-state index in [9.17, 15) is 19.2 Å². The van der Waals surface area contributed by atoms with Gasteiger partial charge < -0.3 is 30.4 Å². The Morgan fingerprint density at radius 3 is 0.845 bits per heavy atom. The van der Waals surface area contributed by atoms with Gasteiger partial charge in [0.2, 0.25) is 12.2 Å². The molecular formula is C48H92N2O8. The molecule has 2 atom stereocenters. The Balaban J connectivity index is 5.02. The first kappa shape index (κ1) is 55.8. The first-order chi connectivity index (χ1) is 28.4. The maximum Gasteiger partial charge on any atom is 0.352 e. The second-order valence-corrected chi connectivity index (χ2v) is 16.5. The molecule has 0 heterocycles. The summed E-state index contributed by atoms with van der Waals surface area (Å²) >= 11 is 0. The molecule has 0 unspecified atom stereocenters. The highest BCUT2D eigenvalue weighted by atomic mass is 16.6. The second kappa shape index (κ2) is 44.4. The lowest BCUT2D eigenvalue weighted by atomic mass is 10.0. The molecule has 0 rings (SSSR count). The Labute approximate surface area is 356 Å². The Kier molecular flexibility index (Phi) is 42.7. The van der Waals surface area contributed by atoms with Crippen molar-refractivity contribution in [1.29, 1.82) is 0 Å². The van der Waals surface area contributed by atoms with Gasteiger partial charge in [-0.05, 0) is 51.6 Å². The van der Waals surface area contributed by atoms with E-state index < -0.39 is 36.1 Å². The Bertz CT molecular complexity index is 875. The summed E-state index contributed by atoms with van der Waals surface area (Å²) < 4.78 is 22.3. The summed E-state index contributed by atoms with van der Waals surface area (Å²) in [6.07, 6.45) is 34.3. The highest BCUT2D eigenvalue weighted by Crippen LogP contribution is 2.18. The molecule has 342 valence electrons. The van der Waals surface area contributed by atoms with Crippen LogP contribution in [-0.2, 0) is 38.1 Å². The maximum absolute atomic E-state index is 13.5. The predicted octanol–water partition coefficient (Wildman–Crippen LogP) is 11.9. The van der Waals surface area contributed by atoms with Crippen LogP contribution in [0.15, 0.2) is 0 Å². The highest BCUT2D eigenvalue weighted by molar-refractivity contribution is 5.89. The molecule has 0 aromatic carbocycles. The topological polar surface area (TPSA) is 157 Å². The Hall–Kier alpha value is -2.20. The fraction of sp³-hybridized carbons (Fsp3) is 0.917. The van der Waals surface area contributed by atoms with E-state index in [1.54, 1.807) is 0 Å². The van der Waals surface area contributed by atoms with Crippen LogP contribution in [-0.4, -0.2) is 62.4 Å². The van der Waals surface area contributed by atoms with Crippen LogP contribution in [0.25, 0.3) is 0 Å². The van der Waals surface area contributed by atoms with E-state index in [2.05, 4.69) is 13.8 Å². The average Bonchev–Trinajstić information content (AvgIpc) is 3.22. The number of hydrogen-bond acceptors (Lipinski definition) is 10. The van der Waals surface area contributed by atoms with Crippen molar-refractivity contribution in [2.45, 2.75) is 257 Å². The van der Waals surface area contributed by atoms with Gasteiger partial charge in [-0.15, -0.1) is 0 Å². The first-order valence-electron chi connectivity index (χ1n) is 24.5. The van der Waals surface area contributed by atoms with Crippen molar-refractivity contribution in [3.05, 3.63) is 0 Å². The molecule has 0 aliphatic carbocycles. The molecule has 0 radical (unpaired) electrons. The molecule has 0 amide bonds. The number of carbonyl (C=O) groups is 4. The van der Waals surface area contributed by atoms with Crippen LogP contribution in [0.2, 0.25) is 0 Å². The molecule has 0 bridgehead atoms. The zero-order valence-corrected chi connectivity index (χ0v) is 37.9. The van der Waals surface area contributed by atoms with Gasteiger partial charge in [0.05, 0.1) is 13.2 Å². The van der Waals surface area contributed by atoms with Gasteiger partial charge in [0.25, 0.3) is 0 Å². The van der Waals surface area contributed by atoms with Crippen molar-refractivity contribution in [2.75, 3.05) is 26.3 Å². The molecule has 0 fully saturated rings. The standard InChI is InChI=1S/C48H92N2O8/c1-3-5-7-9-11-13-15-17-19-21-23-25-27-35-41-55-47(53)45(57-43(51)37-31-29-33-39-49)46(58-44(52)38-32-30-34-40-50)48(54)56-42-36-28-26-24-22-20-18-16-14-12-10-8-6-4-2/h45-46H,3-42,49-50H2,1-2H3/t45-,46-/m1/s1. The van der Waals surface area contributed by atoms with Gasteiger partial charge in [0.15, 0.2) is 0 Å². The number of hydrogen-bond donors (Lipinski definition) is 2. The number of nitrogens with two attached hydrogens (primary N) is 2. The van der Waals surface area contributed by atoms with Crippen molar-refractivity contribution in [3.8, 4) is 0 Å². The number of esters is 4. The molecule has 58 heavy (non-hydrogen) atoms. The van der Waals surface area contributed by atoms with Crippen molar-refractivity contribution >= 4 is 23.9 Å². The smallest absolute Gasteiger partial charge is 0.352 e. The number of carbonyl (C=O) groups excluding carboxylic acids is 4. The number of rotatable bonds is 45. The normalized spacial score (nSPS) is 12.3. The third-order valence-electron chi connectivity index (χ3n) is 10.9. The fourth-order valence-corrected chi connectivity index (χ4v) is 7.15. The molecule has 0 spiro atoms. The number of unbranched alkanes of at least 4 members (excludes halogenated alkanes) is 30. The van der Waals surface area contributed by atoms with Crippen molar-refractivity contribution in [2.24, 2.45) is 11.5 Å². The fourth-order valence-electron chi connectivity index (χ4n) is 7.15. The van der Waals surface area contributed by atoms with Crippen LogP contribution < -0.4 is 11.5 Å². The lowest BCUT2D eigenvalue weighted by Gasteiger charge is -2.24. The third kappa shape index (κ3) is 36.8. The average molecular weight is 825 g/mol. The summed E-state index contributed by atoms with van der Waals surface area (Å²) in [7, 11) is 0. The third-order valence-corrected chi connectivity index (χ3v) is 10.9. The summed E-state index contributed by atoms with van der Waals surface area (Å²) in [5, 5.41) is 0. The van der Waals surface area contributed by atoms with Gasteiger partial charge >= 0.3 is 23.9 Å². The van der Waals surface area contributed by atoms with Crippen LogP contribution in [0.5, 0.6) is 0 Å². The molecule has 0 saturated carbocycles. The lowest BCUT2D eigenvalue weighted by Crippen LogP contribution is -2.47. The van der Waals surface area contributed by atoms with E-state index in [1.165, 1.54) is 128 Å². The molecule has 4 N–H and O–H groups in total. The van der Waals surface area contributed by atoms with Gasteiger partial charge in [-0.2, -0.15) is 0 Å². The minimum atomic E-state index is -1.74. The van der Waals surface area contributed by atoms with E-state index in [1.807, 2.05) is 0 Å². The quantitative estimate of drug-likeness (QED) is 0.0344. The summed E-state index contributed by atoms with van der Waals surface area (Å²) in [5.41, 5.74) is 11.2. The van der Waals surface area contributed by atoms with Gasteiger partial charge in [-0.25, -0.2) is 9.59 Å².